The minimum atomic E-state index is -5.08. The molecule has 0 bridgehead atoms. The molecule has 28 heavy (non-hydrogen) atoms. The van der Waals surface area contributed by atoms with Gasteiger partial charge in [0.05, 0.1) is 4.88 Å². The van der Waals surface area contributed by atoms with Crippen molar-refractivity contribution < 1.29 is 32.4 Å². The zero-order valence-electron chi connectivity index (χ0n) is 14.1. The molecule has 3 rings (SSSR count). The summed E-state index contributed by atoms with van der Waals surface area (Å²) in [6.07, 6.45) is -0.853. The van der Waals surface area contributed by atoms with Gasteiger partial charge in [0.1, 0.15) is 0 Å². The van der Waals surface area contributed by atoms with E-state index in [9.17, 15) is 18.0 Å². The number of carbonyl (C=O) groups is 2. The van der Waals surface area contributed by atoms with Crippen LogP contribution in [0.1, 0.15) is 16.1 Å². The van der Waals surface area contributed by atoms with Gasteiger partial charge in [-0.05, 0) is 35.6 Å². The maximum Gasteiger partial charge on any atom is 0.490 e. The number of nitrogens with zero attached hydrogens (tertiary/aromatic N) is 2. The Morgan fingerprint density at radius 2 is 1.89 bits per heavy atom. The standard InChI is InChI=1S/C15H13N3O2S.C2HF3O2/c19-15(17-8-5-11-3-6-16-7-4-11)12-10-13(20-18-12)14-2-1-9-21-14;3-2(4,5)1(6)7/h1-4,6-7,9-10H,5,8H2,(H,17,19);(H,6,7). The molecule has 1 amide bonds. The first kappa shape index (κ1) is 21.1. The van der Waals surface area contributed by atoms with E-state index >= 15 is 0 Å². The number of pyridine rings is 1. The number of amides is 1. The minimum absolute atomic E-state index is 0.226. The molecule has 148 valence electrons. The van der Waals surface area contributed by atoms with Crippen molar-refractivity contribution >= 4 is 23.2 Å². The number of aromatic nitrogens is 2. The van der Waals surface area contributed by atoms with Crippen molar-refractivity contribution in [1.29, 1.82) is 0 Å². The van der Waals surface area contributed by atoms with Gasteiger partial charge < -0.3 is 14.9 Å². The number of carboxylic acids is 1. The summed E-state index contributed by atoms with van der Waals surface area (Å²) >= 11 is 1.54. The summed E-state index contributed by atoms with van der Waals surface area (Å²) in [7, 11) is 0. The zero-order valence-corrected chi connectivity index (χ0v) is 15.0. The van der Waals surface area contributed by atoms with Crippen LogP contribution in [0.25, 0.3) is 10.6 Å². The van der Waals surface area contributed by atoms with Gasteiger partial charge >= 0.3 is 12.1 Å². The molecule has 7 nitrogen and oxygen atoms in total. The molecular formula is C17H14F3N3O4S. The summed E-state index contributed by atoms with van der Waals surface area (Å²) in [4.78, 5) is 25.8. The van der Waals surface area contributed by atoms with Crippen molar-refractivity contribution in [1.82, 2.24) is 15.5 Å². The summed E-state index contributed by atoms with van der Waals surface area (Å²) in [5.74, 6) is -2.37. The number of hydrogen-bond acceptors (Lipinski definition) is 6. The van der Waals surface area contributed by atoms with Gasteiger partial charge in [0.2, 0.25) is 0 Å². The molecule has 2 N–H and O–H groups in total. The van der Waals surface area contributed by atoms with E-state index in [1.165, 1.54) is 0 Å². The van der Waals surface area contributed by atoms with E-state index in [0.29, 0.717) is 18.0 Å². The Bertz CT molecular complexity index is 896. The van der Waals surface area contributed by atoms with Crippen LogP contribution in [0.4, 0.5) is 13.2 Å². The fraction of sp³-hybridized carbons (Fsp3) is 0.176. The van der Waals surface area contributed by atoms with E-state index in [1.807, 2.05) is 29.6 Å². The van der Waals surface area contributed by atoms with Crippen LogP contribution in [-0.2, 0) is 11.2 Å². The molecule has 0 fully saturated rings. The second-order valence-electron chi connectivity index (χ2n) is 5.22. The predicted octanol–water partition coefficient (Wildman–Crippen LogP) is 3.40. The largest absolute Gasteiger partial charge is 0.490 e. The summed E-state index contributed by atoms with van der Waals surface area (Å²) < 4.78 is 36.9. The minimum Gasteiger partial charge on any atom is -0.475 e. The Morgan fingerprint density at radius 3 is 2.46 bits per heavy atom. The van der Waals surface area contributed by atoms with Crippen LogP contribution in [-0.4, -0.2) is 39.8 Å². The number of nitrogens with one attached hydrogen (secondary N) is 1. The average Bonchev–Trinajstić information content (AvgIpc) is 3.34. The predicted molar refractivity (Wildman–Crippen MR) is 93.8 cm³/mol. The number of hydrogen-bond donors (Lipinski definition) is 2. The summed E-state index contributed by atoms with van der Waals surface area (Å²) in [5.41, 5.74) is 1.43. The fourth-order valence-corrected chi connectivity index (χ4v) is 2.55. The molecule has 0 aromatic carbocycles. The van der Waals surface area contributed by atoms with Crippen molar-refractivity contribution in [2.45, 2.75) is 12.6 Å². The zero-order chi connectivity index (χ0) is 20.6. The Morgan fingerprint density at radius 1 is 1.21 bits per heavy atom. The highest BCUT2D eigenvalue weighted by Crippen LogP contribution is 2.25. The lowest BCUT2D eigenvalue weighted by Crippen LogP contribution is -2.25. The molecule has 0 radical (unpaired) electrons. The van der Waals surface area contributed by atoms with Crippen LogP contribution in [0.3, 0.4) is 0 Å². The number of halogens is 3. The van der Waals surface area contributed by atoms with Crippen molar-refractivity contribution in [3.05, 3.63) is 59.4 Å². The number of thiophene rings is 1. The number of rotatable bonds is 5. The SMILES string of the molecule is O=C(NCCc1ccncc1)c1cc(-c2cccs2)on1.O=C(O)C(F)(F)F. The highest BCUT2D eigenvalue weighted by atomic mass is 32.1. The normalized spacial score (nSPS) is 10.7. The molecule has 3 heterocycles. The lowest BCUT2D eigenvalue weighted by atomic mass is 10.2. The first-order valence-electron chi connectivity index (χ1n) is 7.75. The van der Waals surface area contributed by atoms with E-state index < -0.39 is 12.1 Å². The second-order valence-corrected chi connectivity index (χ2v) is 6.17. The lowest BCUT2D eigenvalue weighted by Gasteiger charge is -2.02. The number of carboxylic acid groups (broad SMARTS) is 1. The molecule has 0 saturated heterocycles. The molecule has 0 atom stereocenters. The Kier molecular flexibility index (Phi) is 7.27. The topological polar surface area (TPSA) is 105 Å². The van der Waals surface area contributed by atoms with Crippen LogP contribution in [0.15, 0.2) is 52.6 Å². The monoisotopic (exact) mass is 413 g/mol. The average molecular weight is 413 g/mol. The van der Waals surface area contributed by atoms with Crippen LogP contribution in [0.5, 0.6) is 0 Å². The molecule has 0 spiro atoms. The number of aliphatic carboxylic acids is 1. The Hall–Kier alpha value is -3.21. The van der Waals surface area contributed by atoms with Gasteiger partial charge in [-0.15, -0.1) is 11.3 Å². The first-order chi connectivity index (χ1) is 13.3. The quantitative estimate of drug-likeness (QED) is 0.664. The maximum absolute atomic E-state index is 12.0. The molecule has 0 aliphatic heterocycles. The Balaban J connectivity index is 0.000000345. The smallest absolute Gasteiger partial charge is 0.475 e. The summed E-state index contributed by atoms with van der Waals surface area (Å²) in [6.45, 7) is 0.546. The van der Waals surface area contributed by atoms with Gasteiger partial charge in [-0.25, -0.2) is 4.79 Å². The molecule has 0 aliphatic carbocycles. The maximum atomic E-state index is 12.0. The van der Waals surface area contributed by atoms with E-state index in [-0.39, 0.29) is 5.91 Å². The Labute approximate surface area is 160 Å². The van der Waals surface area contributed by atoms with Gasteiger partial charge in [0.15, 0.2) is 11.5 Å². The number of alkyl halides is 3. The highest BCUT2D eigenvalue weighted by molar-refractivity contribution is 7.13. The van der Waals surface area contributed by atoms with E-state index in [4.69, 9.17) is 14.4 Å². The molecule has 0 saturated carbocycles. The van der Waals surface area contributed by atoms with E-state index in [2.05, 4.69) is 15.5 Å². The number of carbonyl (C=O) groups excluding carboxylic acids is 1. The molecule has 0 aliphatic rings. The van der Waals surface area contributed by atoms with E-state index in [1.54, 1.807) is 29.8 Å². The van der Waals surface area contributed by atoms with Gasteiger partial charge in [0.25, 0.3) is 5.91 Å². The third kappa shape index (κ3) is 6.50. The van der Waals surface area contributed by atoms with E-state index in [0.717, 1.165) is 16.9 Å². The molecular weight excluding hydrogens is 399 g/mol. The van der Waals surface area contributed by atoms with Crippen LogP contribution in [0, 0.1) is 0 Å². The van der Waals surface area contributed by atoms with Gasteiger partial charge in [-0.3, -0.25) is 9.78 Å². The fourth-order valence-electron chi connectivity index (χ4n) is 1.88. The molecule has 3 aromatic heterocycles. The van der Waals surface area contributed by atoms with Crippen LogP contribution < -0.4 is 5.32 Å². The van der Waals surface area contributed by atoms with Crippen molar-refractivity contribution in [2.24, 2.45) is 0 Å². The summed E-state index contributed by atoms with van der Waals surface area (Å²) in [5, 5.41) is 15.7. The third-order valence-corrected chi connectivity index (χ3v) is 4.08. The second kappa shape index (κ2) is 9.65. The molecule has 11 heteroatoms. The third-order valence-electron chi connectivity index (χ3n) is 3.20. The van der Waals surface area contributed by atoms with Gasteiger partial charge in [-0.2, -0.15) is 13.2 Å². The van der Waals surface area contributed by atoms with Crippen LogP contribution >= 0.6 is 11.3 Å². The lowest BCUT2D eigenvalue weighted by molar-refractivity contribution is -0.192. The van der Waals surface area contributed by atoms with Crippen molar-refractivity contribution in [3.8, 4) is 10.6 Å². The molecule has 0 unspecified atom stereocenters. The van der Waals surface area contributed by atoms with Gasteiger partial charge in [-0.1, -0.05) is 11.2 Å². The van der Waals surface area contributed by atoms with Crippen molar-refractivity contribution in [2.75, 3.05) is 6.54 Å². The highest BCUT2D eigenvalue weighted by Gasteiger charge is 2.38. The van der Waals surface area contributed by atoms with Gasteiger partial charge in [0, 0.05) is 25.0 Å². The first-order valence-corrected chi connectivity index (χ1v) is 8.63. The van der Waals surface area contributed by atoms with Crippen LogP contribution in [0.2, 0.25) is 0 Å². The summed E-state index contributed by atoms with van der Waals surface area (Å²) in [6, 6.07) is 9.37. The molecule has 3 aromatic rings. The van der Waals surface area contributed by atoms with Crippen molar-refractivity contribution in [3.63, 3.8) is 0 Å².